The molecular weight excluding hydrogens is 320 g/mol. The molecule has 2 aromatic rings. The molecule has 0 fully saturated rings. The van der Waals surface area contributed by atoms with Gasteiger partial charge in [-0.1, -0.05) is 18.5 Å². The number of thiocarbonyl (C=S) groups is 1. The van der Waals surface area contributed by atoms with Crippen LogP contribution in [0.5, 0.6) is 0 Å². The highest BCUT2D eigenvalue weighted by atomic mass is 35.5. The van der Waals surface area contributed by atoms with Gasteiger partial charge in [0.05, 0.1) is 6.54 Å². The van der Waals surface area contributed by atoms with Crippen LogP contribution in [0.2, 0.25) is 5.02 Å². The molecule has 6 heteroatoms. The van der Waals surface area contributed by atoms with E-state index in [1.54, 1.807) is 0 Å². The van der Waals surface area contributed by atoms with E-state index in [1.165, 1.54) is 0 Å². The average molecular weight is 337 g/mol. The number of nitrogens with one attached hydrogen (secondary N) is 2. The number of rotatable bonds is 5. The molecule has 0 saturated carbocycles. The van der Waals surface area contributed by atoms with Gasteiger partial charge in [0.25, 0.3) is 0 Å². The first-order chi connectivity index (χ1) is 10.6. The number of benzene rings is 1. The Kier molecular flexibility index (Phi) is 5.98. The van der Waals surface area contributed by atoms with E-state index in [0.29, 0.717) is 23.1 Å². The quantitative estimate of drug-likeness (QED) is 0.813. The molecule has 1 amide bonds. The Labute approximate surface area is 139 Å². The Bertz CT molecular complexity index is 652. The second-order valence-corrected chi connectivity index (χ2v) is 5.60. The summed E-state index contributed by atoms with van der Waals surface area (Å²) < 4.78 is 5.73. The first-order valence-electron chi connectivity index (χ1n) is 7.01. The summed E-state index contributed by atoms with van der Waals surface area (Å²) >= 11 is 10.9. The van der Waals surface area contributed by atoms with Gasteiger partial charge >= 0.3 is 0 Å². The molecule has 0 bridgehead atoms. The zero-order chi connectivity index (χ0) is 15.9. The van der Waals surface area contributed by atoms with Crippen LogP contribution in [0.15, 0.2) is 40.8 Å². The summed E-state index contributed by atoms with van der Waals surface area (Å²) in [5.74, 6) is 1.41. The van der Waals surface area contributed by atoms with Crippen LogP contribution < -0.4 is 10.6 Å². The molecule has 0 aliphatic rings. The molecule has 0 aliphatic heterocycles. The predicted molar refractivity (Wildman–Crippen MR) is 91.6 cm³/mol. The molecule has 22 heavy (non-hydrogen) atoms. The van der Waals surface area contributed by atoms with Gasteiger partial charge in [0.15, 0.2) is 5.11 Å². The summed E-state index contributed by atoms with van der Waals surface area (Å²) in [5.41, 5.74) is 0.953. The third-order valence-corrected chi connectivity index (χ3v) is 3.44. The topological polar surface area (TPSA) is 54.3 Å². The molecular formula is C16H17ClN2O2S. The maximum Gasteiger partial charge on any atom is 0.226 e. The fraction of sp³-hybridized carbons (Fsp3) is 0.250. The van der Waals surface area contributed by atoms with Crippen LogP contribution in [0.4, 0.5) is 0 Å². The summed E-state index contributed by atoms with van der Waals surface area (Å²) in [7, 11) is 0. The first kappa shape index (κ1) is 16.5. The van der Waals surface area contributed by atoms with E-state index >= 15 is 0 Å². The van der Waals surface area contributed by atoms with Gasteiger partial charge in [-0.2, -0.15) is 0 Å². The Morgan fingerprint density at radius 1 is 1.23 bits per heavy atom. The second-order valence-electron chi connectivity index (χ2n) is 4.75. The Balaban J connectivity index is 1.88. The van der Waals surface area contributed by atoms with Crippen LogP contribution in [0.1, 0.15) is 25.5 Å². The fourth-order valence-corrected chi connectivity index (χ4v) is 2.18. The monoisotopic (exact) mass is 336 g/mol. The van der Waals surface area contributed by atoms with Gasteiger partial charge in [-0.15, -0.1) is 0 Å². The minimum absolute atomic E-state index is 0.0821. The highest BCUT2D eigenvalue weighted by Gasteiger charge is 2.07. The second kappa shape index (κ2) is 7.96. The van der Waals surface area contributed by atoms with Crippen molar-refractivity contribution in [1.29, 1.82) is 0 Å². The molecule has 1 aromatic heterocycles. The van der Waals surface area contributed by atoms with E-state index in [0.717, 1.165) is 23.5 Å². The minimum atomic E-state index is -0.0821. The van der Waals surface area contributed by atoms with Crippen LogP contribution in [0.3, 0.4) is 0 Å². The molecule has 2 N–H and O–H groups in total. The average Bonchev–Trinajstić information content (AvgIpc) is 2.95. The van der Waals surface area contributed by atoms with Gasteiger partial charge in [0.1, 0.15) is 11.5 Å². The molecule has 2 rings (SSSR count). The minimum Gasteiger partial charge on any atom is -0.459 e. The zero-order valence-corrected chi connectivity index (χ0v) is 13.8. The largest absolute Gasteiger partial charge is 0.459 e. The lowest BCUT2D eigenvalue weighted by molar-refractivity contribution is -0.119. The number of halogens is 1. The maximum atomic E-state index is 11.4. The van der Waals surface area contributed by atoms with Crippen molar-refractivity contribution in [2.45, 2.75) is 26.3 Å². The standard InChI is InChI=1S/C16H17ClN2O2S/c1-2-3-15(20)19-16(22)18-10-13-8-9-14(21-13)11-4-6-12(17)7-5-11/h4-9H,2-3,10H2,1H3,(H2,18,19,20,22). The van der Waals surface area contributed by atoms with E-state index in [2.05, 4.69) is 10.6 Å². The van der Waals surface area contributed by atoms with E-state index in [9.17, 15) is 4.79 Å². The van der Waals surface area contributed by atoms with Crippen molar-refractivity contribution in [3.8, 4) is 11.3 Å². The summed E-state index contributed by atoms with van der Waals surface area (Å²) in [5, 5.41) is 6.56. The van der Waals surface area contributed by atoms with Gasteiger partial charge < -0.3 is 15.1 Å². The van der Waals surface area contributed by atoms with Gasteiger partial charge in [0.2, 0.25) is 5.91 Å². The molecule has 0 aliphatic carbocycles. The Hall–Kier alpha value is -1.85. The van der Waals surface area contributed by atoms with E-state index in [1.807, 2.05) is 43.3 Å². The highest BCUT2D eigenvalue weighted by Crippen LogP contribution is 2.23. The van der Waals surface area contributed by atoms with Crippen molar-refractivity contribution < 1.29 is 9.21 Å². The third kappa shape index (κ3) is 4.86. The number of carbonyl (C=O) groups is 1. The number of hydrogen-bond donors (Lipinski definition) is 2. The lowest BCUT2D eigenvalue weighted by atomic mass is 10.2. The number of carbonyl (C=O) groups excluding carboxylic acids is 1. The predicted octanol–water partition coefficient (Wildman–Crippen LogP) is 3.89. The maximum absolute atomic E-state index is 11.4. The van der Waals surface area contributed by atoms with Crippen LogP contribution in [-0.2, 0) is 11.3 Å². The van der Waals surface area contributed by atoms with Crippen LogP contribution >= 0.6 is 23.8 Å². The van der Waals surface area contributed by atoms with Gasteiger partial charge in [-0.3, -0.25) is 4.79 Å². The highest BCUT2D eigenvalue weighted by molar-refractivity contribution is 7.80. The van der Waals surface area contributed by atoms with Crippen molar-refractivity contribution in [2.24, 2.45) is 0 Å². The zero-order valence-electron chi connectivity index (χ0n) is 12.2. The van der Waals surface area contributed by atoms with E-state index in [4.69, 9.17) is 28.2 Å². The first-order valence-corrected chi connectivity index (χ1v) is 7.79. The summed E-state index contributed by atoms with van der Waals surface area (Å²) in [4.78, 5) is 11.4. The fourth-order valence-electron chi connectivity index (χ4n) is 1.87. The molecule has 0 spiro atoms. The van der Waals surface area contributed by atoms with Crippen molar-refractivity contribution in [1.82, 2.24) is 10.6 Å². The summed E-state index contributed by atoms with van der Waals surface area (Å²) in [6.45, 7) is 2.36. The van der Waals surface area contributed by atoms with E-state index in [-0.39, 0.29) is 5.91 Å². The smallest absolute Gasteiger partial charge is 0.226 e. The molecule has 116 valence electrons. The van der Waals surface area contributed by atoms with Crippen molar-refractivity contribution in [2.75, 3.05) is 0 Å². The van der Waals surface area contributed by atoms with E-state index < -0.39 is 0 Å². The van der Waals surface area contributed by atoms with Crippen molar-refractivity contribution >= 4 is 34.8 Å². The number of furan rings is 1. The van der Waals surface area contributed by atoms with Crippen LogP contribution in [0, 0.1) is 0 Å². The van der Waals surface area contributed by atoms with Gasteiger partial charge in [-0.05, 0) is 55.0 Å². The molecule has 0 atom stereocenters. The Morgan fingerprint density at radius 3 is 2.64 bits per heavy atom. The van der Waals surface area contributed by atoms with Gasteiger partial charge in [-0.25, -0.2) is 0 Å². The van der Waals surface area contributed by atoms with Crippen LogP contribution in [0.25, 0.3) is 11.3 Å². The third-order valence-electron chi connectivity index (χ3n) is 2.94. The van der Waals surface area contributed by atoms with Crippen molar-refractivity contribution in [3.63, 3.8) is 0 Å². The molecule has 1 heterocycles. The summed E-state index contributed by atoms with van der Waals surface area (Å²) in [6, 6.07) is 11.2. The lowest BCUT2D eigenvalue weighted by Crippen LogP contribution is -2.38. The normalized spacial score (nSPS) is 10.3. The van der Waals surface area contributed by atoms with Crippen molar-refractivity contribution in [3.05, 3.63) is 47.2 Å². The molecule has 0 unspecified atom stereocenters. The molecule has 0 saturated heterocycles. The number of amides is 1. The molecule has 1 aromatic carbocycles. The van der Waals surface area contributed by atoms with Gasteiger partial charge in [0, 0.05) is 17.0 Å². The number of hydrogen-bond acceptors (Lipinski definition) is 3. The molecule has 4 nitrogen and oxygen atoms in total. The lowest BCUT2D eigenvalue weighted by Gasteiger charge is -2.07. The Morgan fingerprint density at radius 2 is 1.95 bits per heavy atom. The SMILES string of the molecule is CCCC(=O)NC(=S)NCc1ccc(-c2ccc(Cl)cc2)o1. The van der Waals surface area contributed by atoms with Crippen LogP contribution in [-0.4, -0.2) is 11.0 Å². The summed E-state index contributed by atoms with van der Waals surface area (Å²) in [6.07, 6.45) is 1.25. The molecule has 0 radical (unpaired) electrons.